The number of imidazole rings is 2. The Kier molecular flexibility index (Phi) is 10.2. The van der Waals surface area contributed by atoms with Crippen LogP contribution >= 0.6 is 0 Å². The zero-order valence-electron chi connectivity index (χ0n) is 22.9. The Hall–Kier alpha value is -5.51. The second kappa shape index (κ2) is 14.4. The minimum absolute atomic E-state index is 0.0362. The summed E-state index contributed by atoms with van der Waals surface area (Å²) in [7, 11) is 0. The predicted octanol–water partition coefficient (Wildman–Crippen LogP) is -1.74. The maximum absolute atomic E-state index is 13.2. The molecule has 3 heterocycles. The molecule has 0 aliphatic heterocycles. The molecular formula is C27H32N10O6. The highest BCUT2D eigenvalue weighted by Gasteiger charge is 2.26. The third-order valence-corrected chi connectivity index (χ3v) is 6.54. The van der Waals surface area contributed by atoms with Crippen molar-refractivity contribution in [3.05, 3.63) is 72.5 Å². The number of benzene rings is 1. The van der Waals surface area contributed by atoms with Crippen LogP contribution in [0.5, 0.6) is 0 Å². The molecule has 16 heteroatoms. The van der Waals surface area contributed by atoms with Crippen molar-refractivity contribution < 1.29 is 29.1 Å². The Morgan fingerprint density at radius 2 is 1.40 bits per heavy atom. The second-order valence-electron chi connectivity index (χ2n) is 9.75. The Balaban J connectivity index is 1.36. The zero-order chi connectivity index (χ0) is 30.8. The molecule has 10 N–H and O–H groups in total. The summed E-state index contributed by atoms with van der Waals surface area (Å²) in [6.07, 6.45) is 7.76. The van der Waals surface area contributed by atoms with E-state index < -0.39 is 60.8 Å². The molecule has 0 bridgehead atoms. The smallest absolute Gasteiger partial charge is 0.326 e. The normalized spacial score (nSPS) is 13.0. The van der Waals surface area contributed by atoms with Crippen molar-refractivity contribution >= 4 is 40.5 Å². The van der Waals surface area contributed by atoms with Crippen LogP contribution in [0.4, 0.5) is 0 Å². The zero-order valence-corrected chi connectivity index (χ0v) is 22.9. The van der Waals surface area contributed by atoms with Crippen LogP contribution < -0.4 is 27.0 Å². The number of carboxylic acid groups (broad SMARTS) is 1. The van der Waals surface area contributed by atoms with Crippen LogP contribution in [0.15, 0.2) is 55.5 Å². The summed E-state index contributed by atoms with van der Waals surface area (Å²) in [5.41, 5.74) is 8.63. The second-order valence-corrected chi connectivity index (χ2v) is 9.75. The van der Waals surface area contributed by atoms with Crippen molar-refractivity contribution in [1.82, 2.24) is 46.2 Å². The number of aliphatic carboxylic acids is 1. The molecule has 0 aliphatic rings. The van der Waals surface area contributed by atoms with Crippen molar-refractivity contribution in [1.29, 1.82) is 0 Å². The molecule has 0 spiro atoms. The average molecular weight is 593 g/mol. The van der Waals surface area contributed by atoms with Gasteiger partial charge < -0.3 is 47.1 Å². The SMILES string of the molecule is N[C@@H](Cc1cnc[nH]1)C(=O)NCC(=O)N[C@@H](Cc1c[nH]c2ccccc12)C(=O)NCC(=O)N[C@@H](Cc1cnc[nH]1)C(=O)O. The number of carboxylic acids is 1. The highest BCUT2D eigenvalue weighted by molar-refractivity contribution is 5.94. The molecular weight excluding hydrogens is 560 g/mol. The van der Waals surface area contributed by atoms with Crippen LogP contribution in [0.3, 0.4) is 0 Å². The number of aromatic nitrogens is 5. The predicted molar refractivity (Wildman–Crippen MR) is 152 cm³/mol. The van der Waals surface area contributed by atoms with Crippen molar-refractivity contribution in [2.45, 2.75) is 37.4 Å². The highest BCUT2D eigenvalue weighted by Crippen LogP contribution is 2.19. The van der Waals surface area contributed by atoms with E-state index in [1.807, 2.05) is 24.3 Å². The Labute approximate surface area is 244 Å². The van der Waals surface area contributed by atoms with Gasteiger partial charge >= 0.3 is 5.97 Å². The van der Waals surface area contributed by atoms with Crippen molar-refractivity contribution in [3.8, 4) is 0 Å². The van der Waals surface area contributed by atoms with E-state index in [1.54, 1.807) is 6.20 Å². The summed E-state index contributed by atoms with van der Waals surface area (Å²) < 4.78 is 0. The fourth-order valence-electron chi connectivity index (χ4n) is 4.35. The molecule has 0 aliphatic carbocycles. The number of fused-ring (bicyclic) bond motifs is 1. The lowest BCUT2D eigenvalue weighted by Gasteiger charge is -2.20. The summed E-state index contributed by atoms with van der Waals surface area (Å²) in [5, 5.41) is 20.2. The van der Waals surface area contributed by atoms with E-state index in [4.69, 9.17) is 5.73 Å². The molecule has 4 amide bonds. The van der Waals surface area contributed by atoms with Gasteiger partial charge in [-0.05, 0) is 11.6 Å². The molecule has 3 aromatic heterocycles. The number of rotatable bonds is 15. The monoisotopic (exact) mass is 592 g/mol. The average Bonchev–Trinajstić information content (AvgIpc) is 3.77. The van der Waals surface area contributed by atoms with E-state index in [-0.39, 0.29) is 19.3 Å². The van der Waals surface area contributed by atoms with Crippen LogP contribution in [0, 0.1) is 0 Å². The van der Waals surface area contributed by atoms with Crippen LogP contribution in [0.2, 0.25) is 0 Å². The number of hydrogen-bond acceptors (Lipinski definition) is 8. The van der Waals surface area contributed by atoms with Crippen LogP contribution in [-0.4, -0.2) is 90.8 Å². The van der Waals surface area contributed by atoms with Crippen LogP contribution in [0.25, 0.3) is 10.9 Å². The van der Waals surface area contributed by atoms with E-state index in [1.165, 1.54) is 25.0 Å². The van der Waals surface area contributed by atoms with Gasteiger partial charge in [-0.15, -0.1) is 0 Å². The largest absolute Gasteiger partial charge is 0.480 e. The van der Waals surface area contributed by atoms with Gasteiger partial charge in [0.05, 0.1) is 31.8 Å². The fraction of sp³-hybridized carbons (Fsp3) is 0.296. The van der Waals surface area contributed by atoms with E-state index in [9.17, 15) is 29.1 Å². The van der Waals surface area contributed by atoms with Crippen molar-refractivity contribution in [3.63, 3.8) is 0 Å². The summed E-state index contributed by atoms with van der Waals surface area (Å²) in [5.74, 6) is -3.91. The number of nitrogens with one attached hydrogen (secondary N) is 7. The number of nitrogens with two attached hydrogens (primary N) is 1. The van der Waals surface area contributed by atoms with Gasteiger partial charge in [0.2, 0.25) is 23.6 Å². The molecule has 0 saturated heterocycles. The van der Waals surface area contributed by atoms with Gasteiger partial charge in [-0.1, -0.05) is 18.2 Å². The molecule has 1 aromatic carbocycles. The van der Waals surface area contributed by atoms with Crippen molar-refractivity contribution in [2.75, 3.05) is 13.1 Å². The Morgan fingerprint density at radius 3 is 2.02 bits per heavy atom. The van der Waals surface area contributed by atoms with E-state index >= 15 is 0 Å². The van der Waals surface area contributed by atoms with Gasteiger partial charge in [0.25, 0.3) is 0 Å². The molecule has 3 atom stereocenters. The van der Waals surface area contributed by atoms with Gasteiger partial charge in [0.1, 0.15) is 12.1 Å². The first-order chi connectivity index (χ1) is 20.7. The Morgan fingerprint density at radius 1 is 0.791 bits per heavy atom. The topological polar surface area (TPSA) is 253 Å². The van der Waals surface area contributed by atoms with Gasteiger partial charge in [-0.2, -0.15) is 0 Å². The minimum Gasteiger partial charge on any atom is -0.480 e. The number of para-hydroxylation sites is 1. The number of nitrogens with zero attached hydrogens (tertiary/aromatic N) is 2. The van der Waals surface area contributed by atoms with Gasteiger partial charge in [-0.25, -0.2) is 14.8 Å². The summed E-state index contributed by atoms with van der Waals surface area (Å²) in [4.78, 5) is 78.9. The molecule has 0 saturated carbocycles. The molecule has 43 heavy (non-hydrogen) atoms. The molecule has 4 aromatic rings. The number of amides is 4. The quantitative estimate of drug-likeness (QED) is 0.0758. The first-order valence-corrected chi connectivity index (χ1v) is 13.3. The molecule has 226 valence electrons. The van der Waals surface area contributed by atoms with E-state index in [0.29, 0.717) is 11.4 Å². The molecule has 0 fully saturated rings. The standard InChI is InChI=1S/C27H32N10O6/c28-19(6-16-9-29-13-34-16)25(40)32-11-23(38)36-21(5-15-8-31-20-4-2-1-3-18(15)20)26(41)33-12-24(39)37-22(27(42)43)7-17-10-30-14-35-17/h1-4,8-10,13-14,19,21-22,31H,5-7,11-12,28H2,(H,29,34)(H,30,35)(H,32,40)(H,33,41)(H,36,38)(H,37,39)(H,42,43)/t19-,21-,22-/m0/s1. The van der Waals surface area contributed by atoms with Gasteiger partial charge in [0, 0.05) is 60.1 Å². The first kappa shape index (κ1) is 30.4. The van der Waals surface area contributed by atoms with E-state index in [0.717, 1.165) is 16.5 Å². The molecule has 16 nitrogen and oxygen atoms in total. The lowest BCUT2D eigenvalue weighted by Crippen LogP contribution is -2.53. The summed E-state index contributed by atoms with van der Waals surface area (Å²) in [6, 6.07) is 4.09. The summed E-state index contributed by atoms with van der Waals surface area (Å²) >= 11 is 0. The summed E-state index contributed by atoms with van der Waals surface area (Å²) in [6.45, 7) is -0.980. The number of H-pyrrole nitrogens is 3. The fourth-order valence-corrected chi connectivity index (χ4v) is 4.35. The number of hydrogen-bond donors (Lipinski definition) is 9. The van der Waals surface area contributed by atoms with Crippen molar-refractivity contribution in [2.24, 2.45) is 5.73 Å². The van der Waals surface area contributed by atoms with Crippen LogP contribution in [0.1, 0.15) is 17.0 Å². The lowest BCUT2D eigenvalue weighted by atomic mass is 10.0. The molecule has 4 rings (SSSR count). The van der Waals surface area contributed by atoms with Gasteiger partial charge in [0.15, 0.2) is 0 Å². The maximum atomic E-state index is 13.2. The number of carbonyl (C=O) groups excluding carboxylic acids is 4. The van der Waals surface area contributed by atoms with E-state index in [2.05, 4.69) is 46.2 Å². The third-order valence-electron chi connectivity index (χ3n) is 6.54. The maximum Gasteiger partial charge on any atom is 0.326 e. The molecule has 0 unspecified atom stereocenters. The number of aromatic amines is 3. The Bertz CT molecular complexity index is 1550. The number of carbonyl (C=O) groups is 5. The van der Waals surface area contributed by atoms with Gasteiger partial charge in [-0.3, -0.25) is 19.2 Å². The minimum atomic E-state index is -1.26. The lowest BCUT2D eigenvalue weighted by molar-refractivity contribution is -0.141. The highest BCUT2D eigenvalue weighted by atomic mass is 16.4. The van der Waals surface area contributed by atoms with Crippen LogP contribution in [-0.2, 0) is 43.2 Å². The third kappa shape index (κ3) is 8.74. The molecule has 0 radical (unpaired) electrons. The first-order valence-electron chi connectivity index (χ1n) is 13.3.